The fourth-order valence-corrected chi connectivity index (χ4v) is 3.23. The number of aryl methyl sites for hydroxylation is 1. The van der Waals surface area contributed by atoms with Gasteiger partial charge in [0, 0.05) is 12.6 Å². The van der Waals surface area contributed by atoms with Crippen molar-refractivity contribution in [2.45, 2.75) is 13.0 Å². The maximum Gasteiger partial charge on any atom is 0.295 e. The Kier molecular flexibility index (Phi) is 4.90. The third-order valence-corrected chi connectivity index (χ3v) is 4.73. The van der Waals surface area contributed by atoms with E-state index in [1.165, 1.54) is 19.1 Å². The number of likely N-dealkylation sites (N-methyl/N-ethyl adjacent to an activating group) is 1. The Balaban J connectivity index is 2.16. The fourth-order valence-electron chi connectivity index (χ4n) is 3.23. The Bertz CT molecular complexity index is 930. The number of rotatable bonds is 4. The molecule has 1 amide bonds. The van der Waals surface area contributed by atoms with Crippen LogP contribution in [0.1, 0.15) is 22.7 Å². The molecule has 0 radical (unpaired) electrons. The van der Waals surface area contributed by atoms with E-state index in [-0.39, 0.29) is 11.3 Å². The zero-order valence-electron chi connectivity index (χ0n) is 15.6. The number of nitrogens with zero attached hydrogens (tertiary/aromatic N) is 1. The van der Waals surface area contributed by atoms with E-state index in [4.69, 9.17) is 9.47 Å². The van der Waals surface area contributed by atoms with Crippen LogP contribution in [0.3, 0.4) is 0 Å². The second-order valence-corrected chi connectivity index (χ2v) is 6.39. The van der Waals surface area contributed by atoms with Crippen LogP contribution in [0.25, 0.3) is 5.76 Å². The number of Topliss-reactive ketones (excluding diaryl/α,β-unsaturated/α-hetero) is 1. The van der Waals surface area contributed by atoms with Crippen LogP contribution in [0.4, 0.5) is 0 Å². The Labute approximate surface area is 157 Å². The number of likely N-dealkylation sites (tertiary alicyclic amines) is 1. The second-order valence-electron chi connectivity index (χ2n) is 6.39. The molecule has 1 N–H and O–H groups in total. The summed E-state index contributed by atoms with van der Waals surface area (Å²) in [6, 6.07) is 11.7. The number of methoxy groups -OCH3 is 2. The molecule has 1 fully saturated rings. The van der Waals surface area contributed by atoms with E-state index >= 15 is 0 Å². The molecule has 2 aromatic rings. The maximum atomic E-state index is 12.6. The summed E-state index contributed by atoms with van der Waals surface area (Å²) in [5.74, 6) is -0.693. The molecule has 1 heterocycles. The minimum Gasteiger partial charge on any atom is -0.507 e. The van der Waals surface area contributed by atoms with Gasteiger partial charge in [-0.25, -0.2) is 0 Å². The van der Waals surface area contributed by atoms with Crippen molar-refractivity contribution in [3.8, 4) is 11.5 Å². The zero-order valence-corrected chi connectivity index (χ0v) is 15.6. The van der Waals surface area contributed by atoms with Gasteiger partial charge in [-0.1, -0.05) is 29.8 Å². The normalized spacial score (nSPS) is 18.7. The van der Waals surface area contributed by atoms with Crippen molar-refractivity contribution < 1.29 is 24.2 Å². The molecule has 6 heteroatoms. The summed E-state index contributed by atoms with van der Waals surface area (Å²) in [7, 11) is 4.55. The Morgan fingerprint density at radius 3 is 2.22 bits per heavy atom. The van der Waals surface area contributed by atoms with Gasteiger partial charge < -0.3 is 19.5 Å². The van der Waals surface area contributed by atoms with Gasteiger partial charge >= 0.3 is 0 Å². The number of carbonyl (C=O) groups excluding carboxylic acids is 2. The Hall–Kier alpha value is -3.28. The van der Waals surface area contributed by atoms with E-state index in [1.54, 1.807) is 25.2 Å². The number of benzene rings is 2. The third kappa shape index (κ3) is 3.14. The lowest BCUT2D eigenvalue weighted by Crippen LogP contribution is -2.24. The number of aliphatic hydroxyl groups is 1. The van der Waals surface area contributed by atoms with E-state index < -0.39 is 17.7 Å². The SMILES string of the molecule is COc1ccc(/C(O)=C2/C(=O)C(=O)N(C)C2c2ccc(C)cc2)cc1OC. The van der Waals surface area contributed by atoms with Crippen LogP contribution in [0.2, 0.25) is 0 Å². The van der Waals surface area contributed by atoms with Crippen LogP contribution in [0, 0.1) is 6.92 Å². The molecular formula is C21H21NO5. The van der Waals surface area contributed by atoms with Crippen LogP contribution < -0.4 is 9.47 Å². The van der Waals surface area contributed by atoms with Crippen molar-refractivity contribution in [1.29, 1.82) is 0 Å². The number of ketones is 1. The van der Waals surface area contributed by atoms with E-state index in [0.717, 1.165) is 11.1 Å². The predicted octanol–water partition coefficient (Wildman–Crippen LogP) is 3.06. The van der Waals surface area contributed by atoms with Gasteiger partial charge in [0.05, 0.1) is 25.8 Å². The summed E-state index contributed by atoms with van der Waals surface area (Å²) in [5.41, 5.74) is 2.24. The number of amides is 1. The lowest BCUT2D eigenvalue weighted by molar-refractivity contribution is -0.139. The molecule has 1 unspecified atom stereocenters. The summed E-state index contributed by atoms with van der Waals surface area (Å²) < 4.78 is 10.5. The molecule has 0 bridgehead atoms. The van der Waals surface area contributed by atoms with Gasteiger partial charge in [-0.3, -0.25) is 9.59 Å². The average Bonchev–Trinajstić information content (AvgIpc) is 2.91. The van der Waals surface area contributed by atoms with E-state index in [2.05, 4.69) is 0 Å². The molecular weight excluding hydrogens is 346 g/mol. The third-order valence-electron chi connectivity index (χ3n) is 4.73. The van der Waals surface area contributed by atoms with Crippen LogP contribution in [0.15, 0.2) is 48.0 Å². The highest BCUT2D eigenvalue weighted by molar-refractivity contribution is 6.46. The summed E-state index contributed by atoms with van der Waals surface area (Å²) >= 11 is 0. The van der Waals surface area contributed by atoms with E-state index in [1.807, 2.05) is 31.2 Å². The first kappa shape index (κ1) is 18.5. The Morgan fingerprint density at radius 2 is 1.63 bits per heavy atom. The molecule has 27 heavy (non-hydrogen) atoms. The molecule has 1 atom stereocenters. The molecule has 3 rings (SSSR count). The molecule has 0 spiro atoms. The van der Waals surface area contributed by atoms with Gasteiger partial charge in [-0.05, 0) is 30.7 Å². The quantitative estimate of drug-likeness (QED) is 0.511. The van der Waals surface area contributed by atoms with Crippen molar-refractivity contribution in [3.05, 3.63) is 64.7 Å². The number of hydrogen-bond acceptors (Lipinski definition) is 5. The molecule has 0 aliphatic carbocycles. The van der Waals surface area contributed by atoms with Gasteiger partial charge in [0.25, 0.3) is 11.7 Å². The first-order valence-corrected chi connectivity index (χ1v) is 8.42. The first-order valence-electron chi connectivity index (χ1n) is 8.42. The van der Waals surface area contributed by atoms with Crippen molar-refractivity contribution in [2.24, 2.45) is 0 Å². The van der Waals surface area contributed by atoms with Crippen molar-refractivity contribution in [1.82, 2.24) is 4.90 Å². The topological polar surface area (TPSA) is 76.1 Å². The van der Waals surface area contributed by atoms with Crippen LogP contribution in [-0.4, -0.2) is 43.0 Å². The lowest BCUT2D eigenvalue weighted by atomic mass is 9.95. The smallest absolute Gasteiger partial charge is 0.295 e. The van der Waals surface area contributed by atoms with Crippen LogP contribution >= 0.6 is 0 Å². The number of carbonyl (C=O) groups is 2. The van der Waals surface area contributed by atoms with Crippen molar-refractivity contribution in [3.63, 3.8) is 0 Å². The highest BCUT2D eigenvalue weighted by Gasteiger charge is 2.44. The summed E-state index contributed by atoms with van der Waals surface area (Å²) in [4.78, 5) is 26.3. The van der Waals surface area contributed by atoms with Gasteiger partial charge in [-0.2, -0.15) is 0 Å². The first-order chi connectivity index (χ1) is 12.9. The highest BCUT2D eigenvalue weighted by atomic mass is 16.5. The lowest BCUT2D eigenvalue weighted by Gasteiger charge is -2.21. The number of ether oxygens (including phenoxy) is 2. The molecule has 1 aliphatic heterocycles. The largest absolute Gasteiger partial charge is 0.507 e. The van der Waals surface area contributed by atoms with Crippen molar-refractivity contribution in [2.75, 3.05) is 21.3 Å². The Morgan fingerprint density at radius 1 is 1.00 bits per heavy atom. The van der Waals surface area contributed by atoms with Gasteiger partial charge in [0.2, 0.25) is 0 Å². The summed E-state index contributed by atoms with van der Waals surface area (Å²) in [5, 5.41) is 10.9. The zero-order chi connectivity index (χ0) is 19.7. The fraction of sp³-hybridized carbons (Fsp3) is 0.238. The predicted molar refractivity (Wildman–Crippen MR) is 101 cm³/mol. The van der Waals surface area contributed by atoms with E-state index in [9.17, 15) is 14.7 Å². The average molecular weight is 367 g/mol. The second kappa shape index (κ2) is 7.15. The molecule has 0 saturated carbocycles. The monoisotopic (exact) mass is 367 g/mol. The highest BCUT2D eigenvalue weighted by Crippen LogP contribution is 2.39. The summed E-state index contributed by atoms with van der Waals surface area (Å²) in [6.45, 7) is 1.95. The number of hydrogen-bond donors (Lipinski definition) is 1. The molecule has 1 aliphatic rings. The van der Waals surface area contributed by atoms with Gasteiger partial charge in [-0.15, -0.1) is 0 Å². The van der Waals surface area contributed by atoms with Gasteiger partial charge in [0.15, 0.2) is 11.5 Å². The minimum atomic E-state index is -0.713. The molecule has 1 saturated heterocycles. The molecule has 140 valence electrons. The summed E-state index contributed by atoms with van der Waals surface area (Å²) in [6.07, 6.45) is 0. The van der Waals surface area contributed by atoms with Crippen molar-refractivity contribution >= 4 is 17.4 Å². The molecule has 0 aromatic heterocycles. The minimum absolute atomic E-state index is 0.0542. The maximum absolute atomic E-state index is 12.6. The standard InChI is InChI=1S/C21H21NO5/c1-12-5-7-13(8-6-12)18-17(20(24)21(25)22(18)2)19(23)14-9-10-15(26-3)16(11-14)27-4/h5-11,18,23H,1-4H3/b19-17-. The van der Waals surface area contributed by atoms with Gasteiger partial charge in [0.1, 0.15) is 5.76 Å². The van der Waals surface area contributed by atoms with E-state index in [0.29, 0.717) is 17.1 Å². The van der Waals surface area contributed by atoms with Crippen LogP contribution in [-0.2, 0) is 9.59 Å². The molecule has 2 aromatic carbocycles. The number of aliphatic hydroxyl groups excluding tert-OH is 1. The molecule has 6 nitrogen and oxygen atoms in total. The van der Waals surface area contributed by atoms with Crippen LogP contribution in [0.5, 0.6) is 11.5 Å².